The third kappa shape index (κ3) is 8.84. The number of rotatable bonds is 9. The number of imide groups is 2. The predicted octanol–water partition coefficient (Wildman–Crippen LogP) is 2.67. The maximum atomic E-state index is 13.4. The summed E-state index contributed by atoms with van der Waals surface area (Å²) in [5.74, 6) is -2.79. The first-order valence-electron chi connectivity index (χ1n) is 11.8. The Hall–Kier alpha value is -4.05. The predicted molar refractivity (Wildman–Crippen MR) is 135 cm³/mol. The first kappa shape index (κ1) is 29.2. The zero-order valence-corrected chi connectivity index (χ0v) is 21.4. The molecule has 0 bridgehead atoms. The Morgan fingerprint density at radius 3 is 1.89 bits per heavy atom. The molecule has 2 aromatic rings. The van der Waals surface area contributed by atoms with Crippen molar-refractivity contribution in [2.75, 3.05) is 13.2 Å². The number of aliphatic hydroxyl groups excluding tert-OH is 1. The van der Waals surface area contributed by atoms with Crippen molar-refractivity contribution < 1.29 is 33.8 Å². The van der Waals surface area contributed by atoms with E-state index < -0.39 is 53.9 Å². The maximum Gasteiger partial charge on any atom is 0.407 e. The van der Waals surface area contributed by atoms with Gasteiger partial charge < -0.3 is 15.2 Å². The standard InChI is InChI=1S/C27H33N3O7/c1-26(2,3)37-25(36)28-17-27(4,18-31)30(24(35)20-13-9-6-10-14-20)22(33)16-15-21(32)29-23(34)19-11-7-5-8-12-19/h5-14,31H,15-18H2,1-4H3,(H,28,36)(H,29,32,34)/t27-/m1/s1. The van der Waals surface area contributed by atoms with Crippen LogP contribution >= 0.6 is 0 Å². The van der Waals surface area contributed by atoms with Crippen LogP contribution in [0.5, 0.6) is 0 Å². The number of ether oxygens (including phenoxy) is 1. The molecule has 1 atom stereocenters. The molecule has 10 heteroatoms. The second-order valence-electron chi connectivity index (χ2n) is 9.65. The van der Waals surface area contributed by atoms with Gasteiger partial charge in [0.2, 0.25) is 11.8 Å². The van der Waals surface area contributed by atoms with E-state index >= 15 is 0 Å². The lowest BCUT2D eigenvalue weighted by Crippen LogP contribution is -2.60. The highest BCUT2D eigenvalue weighted by atomic mass is 16.6. The highest BCUT2D eigenvalue weighted by molar-refractivity contribution is 6.07. The Morgan fingerprint density at radius 2 is 1.38 bits per heavy atom. The number of carbonyl (C=O) groups is 5. The van der Waals surface area contributed by atoms with Crippen LogP contribution in [-0.4, -0.2) is 64.0 Å². The number of nitrogens with zero attached hydrogens (tertiary/aromatic N) is 1. The summed E-state index contributed by atoms with van der Waals surface area (Å²) in [6, 6.07) is 16.1. The van der Waals surface area contributed by atoms with E-state index in [0.29, 0.717) is 0 Å². The van der Waals surface area contributed by atoms with Crippen molar-refractivity contribution in [3.63, 3.8) is 0 Å². The normalized spacial score (nSPS) is 12.6. The minimum Gasteiger partial charge on any atom is -0.444 e. The van der Waals surface area contributed by atoms with Crippen LogP contribution in [0.15, 0.2) is 60.7 Å². The quantitative estimate of drug-likeness (QED) is 0.470. The summed E-state index contributed by atoms with van der Waals surface area (Å²) in [6.07, 6.45) is -1.59. The van der Waals surface area contributed by atoms with Gasteiger partial charge in [0.1, 0.15) is 5.60 Å². The highest BCUT2D eigenvalue weighted by Gasteiger charge is 2.40. The Balaban J connectivity index is 2.19. The molecule has 0 spiro atoms. The van der Waals surface area contributed by atoms with Crippen LogP contribution in [0, 0.1) is 0 Å². The van der Waals surface area contributed by atoms with Gasteiger partial charge in [0.05, 0.1) is 12.1 Å². The van der Waals surface area contributed by atoms with Crippen molar-refractivity contribution in [1.29, 1.82) is 0 Å². The molecule has 0 aliphatic rings. The first-order chi connectivity index (χ1) is 17.4. The van der Waals surface area contributed by atoms with E-state index in [0.717, 1.165) is 4.90 Å². The van der Waals surface area contributed by atoms with E-state index in [1.54, 1.807) is 69.3 Å². The summed E-state index contributed by atoms with van der Waals surface area (Å²) in [5, 5.41) is 14.9. The number of hydrogen-bond donors (Lipinski definition) is 3. The first-order valence-corrected chi connectivity index (χ1v) is 11.8. The maximum absolute atomic E-state index is 13.4. The molecular weight excluding hydrogens is 478 g/mol. The van der Waals surface area contributed by atoms with Gasteiger partial charge in [0.25, 0.3) is 11.8 Å². The Kier molecular flexibility index (Phi) is 10.1. The zero-order chi connectivity index (χ0) is 27.6. The van der Waals surface area contributed by atoms with E-state index in [-0.39, 0.29) is 24.1 Å². The molecule has 198 valence electrons. The number of hydrogen-bond acceptors (Lipinski definition) is 7. The number of benzene rings is 2. The van der Waals surface area contributed by atoms with Crippen molar-refractivity contribution in [3.05, 3.63) is 71.8 Å². The third-order valence-electron chi connectivity index (χ3n) is 5.22. The topological polar surface area (TPSA) is 142 Å². The van der Waals surface area contributed by atoms with Crippen LogP contribution < -0.4 is 10.6 Å². The summed E-state index contributed by atoms with van der Waals surface area (Å²) in [4.78, 5) is 64.3. The summed E-state index contributed by atoms with van der Waals surface area (Å²) >= 11 is 0. The van der Waals surface area contributed by atoms with Gasteiger partial charge in [-0.15, -0.1) is 0 Å². The van der Waals surface area contributed by atoms with Gasteiger partial charge in [0, 0.05) is 30.5 Å². The van der Waals surface area contributed by atoms with Gasteiger partial charge in [0.15, 0.2) is 0 Å². The van der Waals surface area contributed by atoms with Crippen molar-refractivity contribution in [3.8, 4) is 0 Å². The number of nitrogens with one attached hydrogen (secondary N) is 2. The van der Waals surface area contributed by atoms with Crippen LogP contribution in [0.4, 0.5) is 4.79 Å². The third-order valence-corrected chi connectivity index (χ3v) is 5.22. The second-order valence-corrected chi connectivity index (χ2v) is 9.65. The molecule has 0 heterocycles. The van der Waals surface area contributed by atoms with Gasteiger partial charge in [-0.25, -0.2) is 4.79 Å². The minimum atomic E-state index is -1.56. The second kappa shape index (κ2) is 12.8. The molecule has 37 heavy (non-hydrogen) atoms. The Bertz CT molecular complexity index is 1110. The summed E-state index contributed by atoms with van der Waals surface area (Å²) < 4.78 is 5.21. The fourth-order valence-corrected chi connectivity index (χ4v) is 3.33. The summed E-state index contributed by atoms with van der Waals surface area (Å²) in [7, 11) is 0. The van der Waals surface area contributed by atoms with E-state index in [9.17, 15) is 29.1 Å². The number of carbonyl (C=O) groups excluding carboxylic acids is 5. The lowest BCUT2D eigenvalue weighted by molar-refractivity contribution is -0.136. The number of alkyl carbamates (subject to hydrolysis) is 1. The van der Waals surface area contributed by atoms with Gasteiger partial charge in [-0.1, -0.05) is 36.4 Å². The smallest absolute Gasteiger partial charge is 0.407 e. The molecule has 0 saturated carbocycles. The molecule has 0 aliphatic carbocycles. The van der Waals surface area contributed by atoms with Crippen molar-refractivity contribution in [1.82, 2.24) is 15.5 Å². The average molecular weight is 512 g/mol. The monoisotopic (exact) mass is 511 g/mol. The van der Waals surface area contributed by atoms with Gasteiger partial charge in [-0.3, -0.25) is 29.4 Å². The van der Waals surface area contributed by atoms with Crippen molar-refractivity contribution in [2.24, 2.45) is 0 Å². The van der Waals surface area contributed by atoms with Crippen molar-refractivity contribution >= 4 is 29.7 Å². The molecule has 0 aromatic heterocycles. The molecule has 3 N–H and O–H groups in total. The lowest BCUT2D eigenvalue weighted by atomic mass is 9.98. The van der Waals surface area contributed by atoms with E-state index in [2.05, 4.69) is 10.6 Å². The molecule has 2 rings (SSSR count). The number of amides is 5. The Morgan fingerprint density at radius 1 is 0.838 bits per heavy atom. The average Bonchev–Trinajstić information content (AvgIpc) is 2.86. The molecule has 0 saturated heterocycles. The minimum absolute atomic E-state index is 0.177. The fourth-order valence-electron chi connectivity index (χ4n) is 3.33. The molecule has 0 fully saturated rings. The van der Waals surface area contributed by atoms with Crippen molar-refractivity contribution in [2.45, 2.75) is 51.7 Å². The summed E-state index contributed by atoms with van der Waals surface area (Å²) in [6.45, 7) is 5.50. The van der Waals surface area contributed by atoms with Crippen LogP contribution in [0.25, 0.3) is 0 Å². The van der Waals surface area contributed by atoms with E-state index in [1.165, 1.54) is 19.1 Å². The lowest BCUT2D eigenvalue weighted by Gasteiger charge is -2.39. The summed E-state index contributed by atoms with van der Waals surface area (Å²) in [5.41, 5.74) is -1.88. The molecule has 5 amide bonds. The van der Waals surface area contributed by atoms with Crippen LogP contribution in [0.3, 0.4) is 0 Å². The van der Waals surface area contributed by atoms with E-state index in [4.69, 9.17) is 4.74 Å². The fraction of sp³-hybridized carbons (Fsp3) is 0.370. The zero-order valence-electron chi connectivity index (χ0n) is 21.4. The number of aliphatic hydroxyl groups is 1. The van der Waals surface area contributed by atoms with Gasteiger partial charge in [-0.2, -0.15) is 0 Å². The molecule has 2 aromatic carbocycles. The largest absolute Gasteiger partial charge is 0.444 e. The SMILES string of the molecule is CC(C)(C)OC(=O)NC[C@](C)(CO)N(C(=O)CCC(=O)NC(=O)c1ccccc1)C(=O)c1ccccc1. The highest BCUT2D eigenvalue weighted by Crippen LogP contribution is 2.21. The van der Waals surface area contributed by atoms with Crippen LogP contribution in [0.1, 0.15) is 61.3 Å². The molecule has 10 nitrogen and oxygen atoms in total. The van der Waals surface area contributed by atoms with Crippen LogP contribution in [-0.2, 0) is 14.3 Å². The molecule has 0 unspecified atom stereocenters. The van der Waals surface area contributed by atoms with E-state index in [1.807, 2.05) is 0 Å². The molecule has 0 aliphatic heterocycles. The van der Waals surface area contributed by atoms with Gasteiger partial charge >= 0.3 is 6.09 Å². The van der Waals surface area contributed by atoms with Gasteiger partial charge in [-0.05, 0) is 52.0 Å². The Labute approximate surface area is 216 Å². The van der Waals surface area contributed by atoms with Crippen LogP contribution in [0.2, 0.25) is 0 Å². The molecular formula is C27H33N3O7. The molecule has 0 radical (unpaired) electrons.